The topological polar surface area (TPSA) is 51.8 Å². The van der Waals surface area contributed by atoms with E-state index in [0.717, 1.165) is 64.3 Å². The Morgan fingerprint density at radius 3 is 2.06 bits per heavy atom. The molecule has 9 rings (SSSR count). The first-order valence-corrected chi connectivity index (χ1v) is 16.3. The van der Waals surface area contributed by atoms with Gasteiger partial charge in [0.05, 0.1) is 0 Å². The van der Waals surface area contributed by atoms with Crippen molar-refractivity contribution in [3.05, 3.63) is 156 Å². The molecular formula is C43H31N3O. The lowest BCUT2D eigenvalue weighted by atomic mass is 9.88. The molecule has 224 valence electrons. The third-order valence-electron chi connectivity index (χ3n) is 9.31. The Labute approximate surface area is 273 Å². The molecule has 5 aromatic carbocycles. The van der Waals surface area contributed by atoms with E-state index >= 15 is 0 Å². The van der Waals surface area contributed by atoms with Gasteiger partial charge in [0.1, 0.15) is 11.2 Å². The maximum absolute atomic E-state index is 6.26. The number of aryl methyl sites for hydroxylation is 1. The molecular weight excluding hydrogens is 574 g/mol. The smallest absolute Gasteiger partial charge is 0.164 e. The minimum atomic E-state index is 0.659. The maximum Gasteiger partial charge on any atom is 0.164 e. The normalized spacial score (nSPS) is 14.2. The molecule has 2 aliphatic carbocycles. The Hall–Kier alpha value is -5.87. The van der Waals surface area contributed by atoms with Gasteiger partial charge in [-0.05, 0) is 77.3 Å². The summed E-state index contributed by atoms with van der Waals surface area (Å²) in [4.78, 5) is 15.3. The number of para-hydroxylation sites is 1. The van der Waals surface area contributed by atoms with Crippen LogP contribution in [0.1, 0.15) is 41.8 Å². The predicted molar refractivity (Wildman–Crippen MR) is 192 cm³/mol. The van der Waals surface area contributed by atoms with Gasteiger partial charge in [0, 0.05) is 27.5 Å². The van der Waals surface area contributed by atoms with Gasteiger partial charge in [-0.15, -0.1) is 0 Å². The van der Waals surface area contributed by atoms with Crippen LogP contribution in [0.2, 0.25) is 0 Å². The van der Waals surface area contributed by atoms with Crippen molar-refractivity contribution in [2.45, 2.75) is 25.7 Å². The molecule has 0 saturated heterocycles. The Bertz CT molecular complexity index is 2390. The van der Waals surface area contributed by atoms with Gasteiger partial charge < -0.3 is 4.42 Å². The van der Waals surface area contributed by atoms with Crippen molar-refractivity contribution in [2.24, 2.45) is 0 Å². The summed E-state index contributed by atoms with van der Waals surface area (Å²) in [6.45, 7) is 0. The average Bonchev–Trinajstić information content (AvgIpc) is 3.54. The fourth-order valence-electron chi connectivity index (χ4n) is 6.94. The zero-order valence-corrected chi connectivity index (χ0v) is 25.9. The minimum absolute atomic E-state index is 0.659. The molecule has 0 radical (unpaired) electrons. The van der Waals surface area contributed by atoms with Crippen LogP contribution in [0.25, 0.3) is 73.1 Å². The lowest BCUT2D eigenvalue weighted by molar-refractivity contribution is 0.669. The number of aromatic nitrogens is 3. The van der Waals surface area contributed by atoms with Crippen LogP contribution < -0.4 is 0 Å². The van der Waals surface area contributed by atoms with Crippen LogP contribution in [0, 0.1) is 0 Å². The van der Waals surface area contributed by atoms with Gasteiger partial charge in [-0.3, -0.25) is 0 Å². The summed E-state index contributed by atoms with van der Waals surface area (Å²) >= 11 is 0. The van der Waals surface area contributed by atoms with Crippen molar-refractivity contribution in [3.63, 3.8) is 0 Å². The lowest BCUT2D eigenvalue weighted by Crippen LogP contribution is -2.05. The Morgan fingerprint density at radius 2 is 1.19 bits per heavy atom. The van der Waals surface area contributed by atoms with E-state index in [0.29, 0.717) is 17.5 Å². The molecule has 47 heavy (non-hydrogen) atoms. The van der Waals surface area contributed by atoms with Crippen LogP contribution in [-0.2, 0) is 6.42 Å². The first-order chi connectivity index (χ1) is 23.3. The highest BCUT2D eigenvalue weighted by atomic mass is 16.3. The molecule has 4 nitrogen and oxygen atoms in total. The van der Waals surface area contributed by atoms with Gasteiger partial charge in [-0.25, -0.2) is 15.0 Å². The van der Waals surface area contributed by atoms with Gasteiger partial charge in [0.2, 0.25) is 0 Å². The first-order valence-electron chi connectivity index (χ1n) is 16.3. The number of nitrogens with zero attached hydrogens (tertiary/aromatic N) is 3. The molecule has 2 aliphatic rings. The zero-order chi connectivity index (χ0) is 31.2. The van der Waals surface area contributed by atoms with E-state index in [-0.39, 0.29) is 0 Å². The predicted octanol–water partition coefficient (Wildman–Crippen LogP) is 11.0. The molecule has 0 aliphatic heterocycles. The van der Waals surface area contributed by atoms with Crippen LogP contribution in [-0.4, -0.2) is 15.0 Å². The van der Waals surface area contributed by atoms with Crippen molar-refractivity contribution in [2.75, 3.05) is 0 Å². The van der Waals surface area contributed by atoms with E-state index in [1.165, 1.54) is 33.4 Å². The molecule has 0 N–H and O–H groups in total. The SMILES string of the molecule is C1=CC(c2nc(-c3ccccc3)nc(-c3ccc(-c4ccc5c(c4)C=CCC5)cc3)n2)=C(c2cccc3oc4ccccc4c23)CC1. The molecule has 0 amide bonds. The fourth-order valence-corrected chi connectivity index (χ4v) is 6.94. The van der Waals surface area contributed by atoms with E-state index in [9.17, 15) is 0 Å². The highest BCUT2D eigenvalue weighted by Gasteiger charge is 2.21. The third-order valence-corrected chi connectivity index (χ3v) is 9.31. The highest BCUT2D eigenvalue weighted by molar-refractivity contribution is 6.13. The van der Waals surface area contributed by atoms with E-state index in [4.69, 9.17) is 19.4 Å². The number of allylic oxidation sites excluding steroid dienone is 5. The third kappa shape index (κ3) is 4.99. The summed E-state index contributed by atoms with van der Waals surface area (Å²) in [5.41, 5.74) is 12.2. The van der Waals surface area contributed by atoms with Gasteiger partial charge in [-0.2, -0.15) is 0 Å². The van der Waals surface area contributed by atoms with Crippen LogP contribution in [0.5, 0.6) is 0 Å². The molecule has 0 atom stereocenters. The van der Waals surface area contributed by atoms with Crippen LogP contribution >= 0.6 is 0 Å². The molecule has 0 saturated carbocycles. The summed E-state index contributed by atoms with van der Waals surface area (Å²) in [6.07, 6.45) is 13.0. The molecule has 2 heterocycles. The van der Waals surface area contributed by atoms with Gasteiger partial charge in [-0.1, -0.05) is 121 Å². The molecule has 0 unspecified atom stereocenters. The Morgan fingerprint density at radius 1 is 0.511 bits per heavy atom. The van der Waals surface area contributed by atoms with Crippen molar-refractivity contribution in [3.8, 4) is 33.9 Å². The quantitative estimate of drug-likeness (QED) is 0.196. The highest BCUT2D eigenvalue weighted by Crippen LogP contribution is 2.41. The van der Waals surface area contributed by atoms with Crippen LogP contribution in [0.15, 0.2) is 138 Å². The maximum atomic E-state index is 6.26. The lowest BCUT2D eigenvalue weighted by Gasteiger charge is -2.18. The van der Waals surface area contributed by atoms with Crippen molar-refractivity contribution >= 4 is 39.2 Å². The zero-order valence-electron chi connectivity index (χ0n) is 25.9. The Kier molecular flexibility index (Phi) is 6.71. The van der Waals surface area contributed by atoms with E-state index in [1.807, 2.05) is 30.3 Å². The second kappa shape index (κ2) is 11.5. The minimum Gasteiger partial charge on any atom is -0.456 e. The summed E-state index contributed by atoms with van der Waals surface area (Å²) in [7, 11) is 0. The number of fused-ring (bicyclic) bond motifs is 4. The molecule has 7 aromatic rings. The van der Waals surface area contributed by atoms with Gasteiger partial charge >= 0.3 is 0 Å². The van der Waals surface area contributed by atoms with Gasteiger partial charge in [0.15, 0.2) is 17.5 Å². The van der Waals surface area contributed by atoms with Crippen molar-refractivity contribution in [1.29, 1.82) is 0 Å². The van der Waals surface area contributed by atoms with Gasteiger partial charge in [0.25, 0.3) is 0 Å². The number of rotatable bonds is 5. The number of benzene rings is 5. The van der Waals surface area contributed by atoms with Crippen LogP contribution in [0.4, 0.5) is 0 Å². The number of hydrogen-bond acceptors (Lipinski definition) is 4. The monoisotopic (exact) mass is 605 g/mol. The second-order valence-corrected chi connectivity index (χ2v) is 12.2. The van der Waals surface area contributed by atoms with E-state index in [2.05, 4.69) is 109 Å². The summed E-state index contributed by atoms with van der Waals surface area (Å²) in [5, 5.41) is 2.26. The Balaban J connectivity index is 1.19. The summed E-state index contributed by atoms with van der Waals surface area (Å²) < 4.78 is 6.26. The largest absolute Gasteiger partial charge is 0.456 e. The van der Waals surface area contributed by atoms with Crippen LogP contribution in [0.3, 0.4) is 0 Å². The molecule has 0 bridgehead atoms. The average molecular weight is 606 g/mol. The van der Waals surface area contributed by atoms with E-state index in [1.54, 1.807) is 0 Å². The summed E-state index contributed by atoms with van der Waals surface area (Å²) in [5.74, 6) is 2.00. The van der Waals surface area contributed by atoms with E-state index < -0.39 is 0 Å². The molecule has 0 fully saturated rings. The van der Waals surface area contributed by atoms with Crippen molar-refractivity contribution < 1.29 is 4.42 Å². The molecule has 2 aromatic heterocycles. The molecule has 4 heteroatoms. The standard InChI is InChI=1S/C43H31N3O/c1-2-12-30(13-3-1)41-44-42(31-24-21-29(22-25-31)33-26-23-28-11-4-5-14-32(28)27-33)46-43(45-41)36-16-7-6-15-34(36)35-18-10-20-39-40(35)37-17-8-9-19-38(37)47-39/h1-3,5,7-10,12-14,16-27H,4,6,11,15H2. The van der Waals surface area contributed by atoms with Crippen molar-refractivity contribution in [1.82, 2.24) is 15.0 Å². The second-order valence-electron chi connectivity index (χ2n) is 12.2. The first kappa shape index (κ1) is 27.4. The summed E-state index contributed by atoms with van der Waals surface area (Å²) in [6, 6.07) is 40.2. The number of hydrogen-bond donors (Lipinski definition) is 0. The fraction of sp³-hybridized carbons (Fsp3) is 0.0930. The number of furan rings is 1. The molecule has 0 spiro atoms.